The quantitative estimate of drug-likeness (QED) is 0.164. The first-order valence-electron chi connectivity index (χ1n) is 20.7. The molecule has 2 aromatic heterocycles. The molecule has 2 aromatic carbocycles. The number of amides is 3. The Morgan fingerprint density at radius 3 is 2.42 bits per heavy atom. The molecule has 8 rings (SSSR count). The number of carbonyl (C=O) groups excluding carboxylic acids is 3. The first-order valence-corrected chi connectivity index (χ1v) is 20.7. The number of ether oxygens (including phenoxy) is 1. The van der Waals surface area contributed by atoms with E-state index in [0.717, 1.165) is 90.4 Å². The third-order valence-electron chi connectivity index (χ3n) is 12.9. The van der Waals surface area contributed by atoms with Gasteiger partial charge in [0.05, 0.1) is 10.9 Å². The van der Waals surface area contributed by atoms with Gasteiger partial charge in [-0.15, -0.1) is 6.58 Å². The van der Waals surface area contributed by atoms with Crippen LogP contribution in [0.5, 0.6) is 0 Å². The van der Waals surface area contributed by atoms with Gasteiger partial charge in [0.2, 0.25) is 5.91 Å². The molecule has 3 aliphatic heterocycles. The number of allylic oxidation sites excluding steroid dienone is 1. The Hall–Kier alpha value is -5.01. The first kappa shape index (κ1) is 38.8. The van der Waals surface area contributed by atoms with Crippen LogP contribution in [0.3, 0.4) is 0 Å². The van der Waals surface area contributed by atoms with E-state index in [0.29, 0.717) is 57.9 Å². The number of aromatic nitrogens is 3. The van der Waals surface area contributed by atoms with E-state index in [9.17, 15) is 19.2 Å². The van der Waals surface area contributed by atoms with Crippen LogP contribution in [-0.4, -0.2) is 124 Å². The van der Waals surface area contributed by atoms with Crippen LogP contribution in [0, 0.1) is 12.3 Å². The van der Waals surface area contributed by atoms with Gasteiger partial charge in [-0.1, -0.05) is 30.3 Å². The highest BCUT2D eigenvalue weighted by molar-refractivity contribution is 5.88. The molecular formula is C44H56N8O5. The highest BCUT2D eigenvalue weighted by atomic mass is 16.5. The maximum absolute atomic E-state index is 14.4. The number of esters is 1. The number of H-pyrrole nitrogens is 1. The summed E-state index contributed by atoms with van der Waals surface area (Å²) in [6.07, 6.45) is 9.83. The number of piperidine rings is 2. The maximum Gasteiger partial charge on any atom is 0.318 e. The molecule has 4 aliphatic rings. The predicted molar refractivity (Wildman–Crippen MR) is 220 cm³/mol. The summed E-state index contributed by atoms with van der Waals surface area (Å²) >= 11 is 0. The zero-order chi connectivity index (χ0) is 39.7. The minimum atomic E-state index is -0.763. The molecule has 5 heterocycles. The number of fused-ring (bicyclic) bond motifs is 2. The number of likely N-dealkylation sites (tertiary alicyclic amines) is 2. The maximum atomic E-state index is 14.4. The fourth-order valence-electron chi connectivity index (χ4n) is 9.24. The molecule has 1 atom stereocenters. The lowest BCUT2D eigenvalue weighted by Gasteiger charge is -2.43. The third-order valence-corrected chi connectivity index (χ3v) is 12.9. The Kier molecular flexibility index (Phi) is 11.2. The minimum absolute atomic E-state index is 0.0217. The largest absolute Gasteiger partial charge is 0.442 e. The molecule has 4 fully saturated rings. The van der Waals surface area contributed by atoms with Crippen LogP contribution in [0.4, 0.5) is 4.79 Å². The monoisotopic (exact) mass is 776 g/mol. The summed E-state index contributed by atoms with van der Waals surface area (Å²) in [5.41, 5.74) is 3.71. The Labute approximate surface area is 334 Å². The van der Waals surface area contributed by atoms with E-state index in [1.54, 1.807) is 15.7 Å². The normalized spacial score (nSPS) is 20.1. The van der Waals surface area contributed by atoms with Crippen LogP contribution in [-0.2, 0) is 27.5 Å². The topological polar surface area (TPSA) is 136 Å². The second kappa shape index (κ2) is 16.5. The lowest BCUT2D eigenvalue weighted by molar-refractivity contribution is -0.154. The van der Waals surface area contributed by atoms with Crippen molar-refractivity contribution in [2.45, 2.75) is 83.0 Å². The van der Waals surface area contributed by atoms with Gasteiger partial charge in [-0.2, -0.15) is 5.10 Å². The van der Waals surface area contributed by atoms with Crippen molar-refractivity contribution in [3.8, 4) is 0 Å². The average Bonchev–Trinajstić information content (AvgIpc) is 3.89. The van der Waals surface area contributed by atoms with Gasteiger partial charge in [0.1, 0.15) is 6.04 Å². The number of hydrogen-bond acceptors (Lipinski definition) is 8. The smallest absolute Gasteiger partial charge is 0.318 e. The zero-order valence-electron chi connectivity index (χ0n) is 33.4. The second-order valence-electron chi connectivity index (χ2n) is 16.9. The van der Waals surface area contributed by atoms with Crippen molar-refractivity contribution >= 4 is 39.7 Å². The second-order valence-corrected chi connectivity index (χ2v) is 16.9. The number of nitrogens with one attached hydrogen (secondary N) is 2. The highest BCUT2D eigenvalue weighted by Gasteiger charge is 2.50. The van der Waals surface area contributed by atoms with Crippen molar-refractivity contribution in [3.63, 3.8) is 0 Å². The number of hydrogen-bond donors (Lipinski definition) is 2. The Bertz CT molecular complexity index is 2190. The van der Waals surface area contributed by atoms with E-state index in [1.807, 2.05) is 60.5 Å². The van der Waals surface area contributed by atoms with Gasteiger partial charge in [-0.3, -0.25) is 19.3 Å². The molecular weight excluding hydrogens is 721 g/mol. The number of aromatic amines is 1. The average molecular weight is 777 g/mol. The number of benzene rings is 2. The number of para-hydroxylation sites is 1. The molecule has 1 saturated carbocycles. The number of piperazine rings is 1. The molecule has 3 amide bonds. The molecule has 2 N–H and O–H groups in total. The van der Waals surface area contributed by atoms with Crippen LogP contribution in [0.25, 0.3) is 21.8 Å². The number of rotatable bonds is 11. The van der Waals surface area contributed by atoms with E-state index in [-0.39, 0.29) is 36.1 Å². The van der Waals surface area contributed by atoms with Gasteiger partial charge < -0.3 is 29.7 Å². The van der Waals surface area contributed by atoms with Gasteiger partial charge in [0.15, 0.2) is 6.73 Å². The molecule has 57 heavy (non-hydrogen) atoms. The van der Waals surface area contributed by atoms with Crippen LogP contribution < -0.4 is 10.9 Å². The van der Waals surface area contributed by atoms with E-state index >= 15 is 0 Å². The molecule has 0 spiro atoms. The van der Waals surface area contributed by atoms with Crippen molar-refractivity contribution in [2.75, 3.05) is 59.4 Å². The van der Waals surface area contributed by atoms with Crippen molar-refractivity contribution in [3.05, 3.63) is 88.4 Å². The lowest BCUT2D eigenvalue weighted by atomic mass is 9.89. The minimum Gasteiger partial charge on any atom is -0.442 e. The van der Waals surface area contributed by atoms with E-state index in [4.69, 9.17) is 9.84 Å². The highest BCUT2D eigenvalue weighted by Crippen LogP contribution is 2.50. The van der Waals surface area contributed by atoms with Crippen molar-refractivity contribution in [1.82, 2.24) is 39.7 Å². The van der Waals surface area contributed by atoms with Crippen LogP contribution in [0.2, 0.25) is 0 Å². The SMILES string of the molecule is C=CCC1(C(=O)OCn2cc3cc(CC(NC(=O)N4CCC(c5cc6ccccc6[nH]c5=O)CC4)C(=O)N4CCN(C5CCN(C)CC5)CC4)cc(C)c3n2)CC1. The summed E-state index contributed by atoms with van der Waals surface area (Å²) in [6.45, 7) is 11.9. The van der Waals surface area contributed by atoms with Gasteiger partial charge in [0.25, 0.3) is 5.56 Å². The molecule has 302 valence electrons. The molecule has 1 aliphatic carbocycles. The summed E-state index contributed by atoms with van der Waals surface area (Å²) < 4.78 is 7.31. The van der Waals surface area contributed by atoms with Gasteiger partial charge in [0, 0.05) is 74.4 Å². The van der Waals surface area contributed by atoms with Crippen molar-refractivity contribution < 1.29 is 19.1 Å². The first-order chi connectivity index (χ1) is 27.6. The standard InChI is InChI=1S/C44H56N8O5/c1-4-13-44(14-15-44)42(55)57-29-52-28-34-25-31(24-30(2)39(34)47-52)26-38(41(54)50-22-20-49(21-23-50)35-11-16-48(3)17-12-35)46-43(56)51-18-9-32(10-19-51)36-27-33-7-5-6-8-37(33)45-40(36)53/h4-8,24-25,27-28,32,35,38H,1,9-23,26,29H2,2-3H3,(H,45,53)(H,46,56). The molecule has 4 aromatic rings. The van der Waals surface area contributed by atoms with E-state index in [2.05, 4.69) is 33.7 Å². The zero-order valence-corrected chi connectivity index (χ0v) is 33.4. The summed E-state index contributed by atoms with van der Waals surface area (Å²) in [7, 11) is 2.17. The van der Waals surface area contributed by atoms with Crippen LogP contribution in [0.1, 0.15) is 67.6 Å². The molecule has 13 heteroatoms. The summed E-state index contributed by atoms with van der Waals surface area (Å²) in [6, 6.07) is 13.3. The third kappa shape index (κ3) is 8.50. The van der Waals surface area contributed by atoms with Crippen LogP contribution >= 0.6 is 0 Å². The number of nitrogens with zero attached hydrogens (tertiary/aromatic N) is 6. The Balaban J connectivity index is 0.957. The Morgan fingerprint density at radius 1 is 0.965 bits per heavy atom. The molecule has 0 radical (unpaired) electrons. The summed E-state index contributed by atoms with van der Waals surface area (Å²) in [5.74, 6) is -0.241. The fourth-order valence-corrected chi connectivity index (χ4v) is 9.24. The number of aryl methyl sites for hydroxylation is 1. The predicted octanol–water partition coefficient (Wildman–Crippen LogP) is 4.78. The van der Waals surface area contributed by atoms with E-state index in [1.165, 1.54) is 0 Å². The molecule has 3 saturated heterocycles. The number of urea groups is 1. The van der Waals surface area contributed by atoms with Crippen molar-refractivity contribution in [2.24, 2.45) is 5.41 Å². The number of carbonyl (C=O) groups is 3. The lowest BCUT2D eigenvalue weighted by Crippen LogP contribution is -2.59. The molecule has 1 unspecified atom stereocenters. The summed E-state index contributed by atoms with van der Waals surface area (Å²) in [4.78, 5) is 65.9. The summed E-state index contributed by atoms with van der Waals surface area (Å²) in [5, 5.41) is 9.74. The van der Waals surface area contributed by atoms with Gasteiger partial charge in [-0.25, -0.2) is 9.48 Å². The van der Waals surface area contributed by atoms with Crippen molar-refractivity contribution in [1.29, 1.82) is 0 Å². The van der Waals surface area contributed by atoms with Crippen LogP contribution in [0.15, 0.2) is 66.1 Å². The molecule has 0 bridgehead atoms. The number of pyridine rings is 1. The van der Waals surface area contributed by atoms with E-state index < -0.39 is 11.5 Å². The van der Waals surface area contributed by atoms with Gasteiger partial charge >= 0.3 is 12.0 Å². The van der Waals surface area contributed by atoms with Gasteiger partial charge in [-0.05, 0) is 113 Å². The molecule has 13 nitrogen and oxygen atoms in total. The Morgan fingerprint density at radius 2 is 1.70 bits per heavy atom. The fraction of sp³-hybridized carbons (Fsp3) is 0.523.